The van der Waals surface area contributed by atoms with E-state index in [-0.39, 0.29) is 11.5 Å². The molecule has 0 radical (unpaired) electrons. The summed E-state index contributed by atoms with van der Waals surface area (Å²) in [5.41, 5.74) is 3.32. The van der Waals surface area contributed by atoms with Crippen LogP contribution < -0.4 is 4.74 Å². The smallest absolute Gasteiger partial charge is 0.264 e. The van der Waals surface area contributed by atoms with E-state index in [4.69, 9.17) is 9.84 Å². The Kier molecular flexibility index (Phi) is 7.77. The standard InChI is InChI=1S/C28H30N4O2/c1-2-3-17-34-26-14-10-11-22(19-26)27-24(21-32(30-27)25-12-6-4-7-13-25)18-23(20-29)28(33)31-15-8-5-9-16-31/h4,6-7,10-14,18-19,21H,2-3,5,8-9,15-17H2,1H3/b23-18-. The molecular weight excluding hydrogens is 424 g/mol. The Morgan fingerprint density at radius 1 is 1.12 bits per heavy atom. The first-order chi connectivity index (χ1) is 16.7. The number of aromatic nitrogens is 2. The van der Waals surface area contributed by atoms with Crippen molar-refractivity contribution in [1.82, 2.24) is 14.7 Å². The summed E-state index contributed by atoms with van der Waals surface area (Å²) in [6, 6.07) is 19.7. The van der Waals surface area contributed by atoms with Gasteiger partial charge in [0, 0.05) is 30.4 Å². The van der Waals surface area contributed by atoms with Gasteiger partial charge >= 0.3 is 0 Å². The molecule has 1 aliphatic heterocycles. The topological polar surface area (TPSA) is 71.1 Å². The van der Waals surface area contributed by atoms with E-state index in [1.807, 2.05) is 60.8 Å². The zero-order valence-corrected chi connectivity index (χ0v) is 19.6. The zero-order valence-electron chi connectivity index (χ0n) is 19.6. The van der Waals surface area contributed by atoms with Crippen molar-refractivity contribution < 1.29 is 9.53 Å². The number of likely N-dealkylation sites (tertiary alicyclic amines) is 1. The molecule has 0 aliphatic carbocycles. The van der Waals surface area contributed by atoms with E-state index in [9.17, 15) is 10.1 Å². The number of carbonyl (C=O) groups is 1. The summed E-state index contributed by atoms with van der Waals surface area (Å²) in [6.07, 6.45) is 8.68. The number of amides is 1. The number of hydrogen-bond acceptors (Lipinski definition) is 4. The van der Waals surface area contributed by atoms with Gasteiger partial charge in [-0.05, 0) is 56.0 Å². The van der Waals surface area contributed by atoms with Crippen LogP contribution in [-0.4, -0.2) is 40.3 Å². The van der Waals surface area contributed by atoms with E-state index < -0.39 is 0 Å². The number of ether oxygens (including phenoxy) is 1. The van der Waals surface area contributed by atoms with Crippen molar-refractivity contribution in [3.63, 3.8) is 0 Å². The lowest BCUT2D eigenvalue weighted by molar-refractivity contribution is -0.127. The number of benzene rings is 2. The van der Waals surface area contributed by atoms with Gasteiger partial charge in [-0.3, -0.25) is 4.79 Å². The van der Waals surface area contributed by atoms with Crippen molar-refractivity contribution >= 4 is 12.0 Å². The Labute approximate surface area is 201 Å². The van der Waals surface area contributed by atoms with Crippen LogP contribution in [0.3, 0.4) is 0 Å². The maximum Gasteiger partial charge on any atom is 0.264 e. The summed E-state index contributed by atoms with van der Waals surface area (Å²) in [5.74, 6) is 0.567. The molecular formula is C28H30N4O2. The van der Waals surface area contributed by atoms with Crippen LogP contribution in [0.5, 0.6) is 5.75 Å². The molecule has 1 saturated heterocycles. The number of para-hydroxylation sites is 1. The number of carbonyl (C=O) groups excluding carboxylic acids is 1. The summed E-state index contributed by atoms with van der Waals surface area (Å²) >= 11 is 0. The van der Waals surface area contributed by atoms with Gasteiger partial charge in [0.25, 0.3) is 5.91 Å². The molecule has 0 saturated carbocycles. The molecule has 6 heteroatoms. The molecule has 2 heterocycles. The lowest BCUT2D eigenvalue weighted by Gasteiger charge is -2.26. The molecule has 0 spiro atoms. The van der Waals surface area contributed by atoms with Crippen molar-refractivity contribution in [2.45, 2.75) is 39.0 Å². The second-order valence-electron chi connectivity index (χ2n) is 8.47. The van der Waals surface area contributed by atoms with Gasteiger partial charge in [-0.1, -0.05) is 43.7 Å². The molecule has 1 fully saturated rings. The Morgan fingerprint density at radius 2 is 1.91 bits per heavy atom. The molecule has 0 atom stereocenters. The zero-order chi connectivity index (χ0) is 23.8. The molecule has 1 aromatic heterocycles. The summed E-state index contributed by atoms with van der Waals surface area (Å²) in [6.45, 7) is 4.19. The van der Waals surface area contributed by atoms with Crippen LogP contribution in [0.2, 0.25) is 0 Å². The molecule has 0 unspecified atom stereocenters. The van der Waals surface area contributed by atoms with Gasteiger partial charge in [-0.2, -0.15) is 10.4 Å². The maximum absolute atomic E-state index is 13.0. The molecule has 0 bridgehead atoms. The first kappa shape index (κ1) is 23.3. The van der Waals surface area contributed by atoms with Crippen LogP contribution in [0.15, 0.2) is 66.4 Å². The maximum atomic E-state index is 13.0. The van der Waals surface area contributed by atoms with Crippen LogP contribution in [-0.2, 0) is 4.79 Å². The molecule has 1 amide bonds. The van der Waals surface area contributed by atoms with E-state index in [0.29, 0.717) is 25.4 Å². The highest BCUT2D eigenvalue weighted by Crippen LogP contribution is 2.29. The van der Waals surface area contributed by atoms with E-state index in [0.717, 1.165) is 54.7 Å². The van der Waals surface area contributed by atoms with Crippen molar-refractivity contribution in [3.8, 4) is 28.8 Å². The van der Waals surface area contributed by atoms with Crippen LogP contribution >= 0.6 is 0 Å². The predicted molar refractivity (Wildman–Crippen MR) is 133 cm³/mol. The van der Waals surface area contributed by atoms with Crippen LogP contribution in [0, 0.1) is 11.3 Å². The van der Waals surface area contributed by atoms with Gasteiger partial charge in [0.05, 0.1) is 12.3 Å². The molecule has 6 nitrogen and oxygen atoms in total. The highest BCUT2D eigenvalue weighted by atomic mass is 16.5. The normalized spacial score (nSPS) is 14.0. The molecule has 1 aliphatic rings. The van der Waals surface area contributed by atoms with Crippen molar-refractivity contribution in [1.29, 1.82) is 5.26 Å². The highest BCUT2D eigenvalue weighted by molar-refractivity contribution is 6.02. The molecule has 174 valence electrons. The molecule has 3 aromatic rings. The average Bonchev–Trinajstić information content (AvgIpc) is 3.32. The third kappa shape index (κ3) is 5.55. The minimum atomic E-state index is -0.211. The minimum Gasteiger partial charge on any atom is -0.494 e. The fourth-order valence-electron chi connectivity index (χ4n) is 4.06. The first-order valence-electron chi connectivity index (χ1n) is 12.0. The van der Waals surface area contributed by atoms with Gasteiger partial charge in [0.15, 0.2) is 0 Å². The third-order valence-electron chi connectivity index (χ3n) is 5.93. The summed E-state index contributed by atoms with van der Waals surface area (Å²) in [5, 5.41) is 14.7. The Balaban J connectivity index is 1.73. The molecule has 0 N–H and O–H groups in total. The van der Waals surface area contributed by atoms with Gasteiger partial charge in [-0.15, -0.1) is 0 Å². The highest BCUT2D eigenvalue weighted by Gasteiger charge is 2.21. The van der Waals surface area contributed by atoms with Crippen LogP contribution in [0.25, 0.3) is 23.0 Å². The van der Waals surface area contributed by atoms with E-state index in [2.05, 4.69) is 13.0 Å². The number of rotatable bonds is 8. The second kappa shape index (κ2) is 11.3. The van der Waals surface area contributed by atoms with Crippen molar-refractivity contribution in [2.75, 3.05) is 19.7 Å². The number of piperidine rings is 1. The Bertz CT molecular complexity index is 1180. The number of nitriles is 1. The van der Waals surface area contributed by atoms with Gasteiger partial charge in [-0.25, -0.2) is 4.68 Å². The van der Waals surface area contributed by atoms with E-state index in [1.165, 1.54) is 0 Å². The van der Waals surface area contributed by atoms with Crippen LogP contribution in [0.1, 0.15) is 44.6 Å². The first-order valence-corrected chi connectivity index (χ1v) is 12.0. The molecule has 2 aromatic carbocycles. The number of unbranched alkanes of at least 4 members (excludes halogenated alkanes) is 1. The van der Waals surface area contributed by atoms with Gasteiger partial charge in [0.1, 0.15) is 23.1 Å². The monoisotopic (exact) mass is 454 g/mol. The summed E-state index contributed by atoms with van der Waals surface area (Å²) in [4.78, 5) is 14.8. The summed E-state index contributed by atoms with van der Waals surface area (Å²) in [7, 11) is 0. The predicted octanol–water partition coefficient (Wildman–Crippen LogP) is 5.64. The molecule has 4 rings (SSSR count). The number of nitrogens with zero attached hydrogens (tertiary/aromatic N) is 4. The quantitative estimate of drug-likeness (QED) is 0.251. The fourth-order valence-corrected chi connectivity index (χ4v) is 4.06. The third-order valence-corrected chi connectivity index (χ3v) is 5.93. The second-order valence-corrected chi connectivity index (χ2v) is 8.47. The van der Waals surface area contributed by atoms with E-state index >= 15 is 0 Å². The van der Waals surface area contributed by atoms with Gasteiger partial charge in [0.2, 0.25) is 0 Å². The van der Waals surface area contributed by atoms with E-state index in [1.54, 1.807) is 15.7 Å². The lowest BCUT2D eigenvalue weighted by atomic mass is 10.0. The largest absolute Gasteiger partial charge is 0.494 e. The number of hydrogen-bond donors (Lipinski definition) is 0. The average molecular weight is 455 g/mol. The van der Waals surface area contributed by atoms with Crippen LogP contribution in [0.4, 0.5) is 0 Å². The Hall–Kier alpha value is -3.85. The Morgan fingerprint density at radius 3 is 2.65 bits per heavy atom. The fraction of sp³-hybridized carbons (Fsp3) is 0.321. The van der Waals surface area contributed by atoms with Gasteiger partial charge < -0.3 is 9.64 Å². The molecule has 34 heavy (non-hydrogen) atoms. The van der Waals surface area contributed by atoms with Crippen molar-refractivity contribution in [2.24, 2.45) is 0 Å². The minimum absolute atomic E-state index is 0.131. The summed E-state index contributed by atoms with van der Waals surface area (Å²) < 4.78 is 7.68. The SMILES string of the molecule is CCCCOc1cccc(-c2nn(-c3ccccc3)cc2/C=C(/C#N)C(=O)N2CCCCC2)c1. The van der Waals surface area contributed by atoms with Crippen molar-refractivity contribution in [3.05, 3.63) is 71.9 Å². The lowest BCUT2D eigenvalue weighted by Crippen LogP contribution is -2.36.